The number of primary amides is 1. The van der Waals surface area contributed by atoms with Crippen molar-refractivity contribution in [3.63, 3.8) is 0 Å². The quantitative estimate of drug-likeness (QED) is 0.842. The molecule has 0 aliphatic rings. The third kappa shape index (κ3) is 3.74. The van der Waals surface area contributed by atoms with Crippen LogP contribution in [0.5, 0.6) is 5.75 Å². The van der Waals surface area contributed by atoms with Crippen molar-refractivity contribution in [3.8, 4) is 5.75 Å². The SMILES string of the molecule is CC[C@H](Oc1ccc(S(C)(=O)=O)cc1)C(N)=O. The number of nitrogens with two attached hydrogens (primary N) is 1. The molecule has 5 nitrogen and oxygen atoms in total. The Bertz CT molecular complexity index is 493. The van der Waals surface area contributed by atoms with E-state index in [1.54, 1.807) is 6.92 Å². The highest BCUT2D eigenvalue weighted by atomic mass is 32.2. The standard InChI is InChI=1S/C11H15NO4S/c1-3-10(11(12)13)16-8-4-6-9(7-5-8)17(2,14)15/h4-7,10H,3H2,1-2H3,(H2,12,13)/t10-/m0/s1. The van der Waals surface area contributed by atoms with Gasteiger partial charge in [-0.25, -0.2) is 8.42 Å². The smallest absolute Gasteiger partial charge is 0.258 e. The highest BCUT2D eigenvalue weighted by Crippen LogP contribution is 2.17. The van der Waals surface area contributed by atoms with Crippen LogP contribution in [0.2, 0.25) is 0 Å². The second kappa shape index (κ2) is 5.18. The van der Waals surface area contributed by atoms with E-state index in [9.17, 15) is 13.2 Å². The zero-order valence-corrected chi connectivity index (χ0v) is 10.5. The molecule has 1 aromatic carbocycles. The van der Waals surface area contributed by atoms with E-state index in [-0.39, 0.29) is 4.90 Å². The van der Waals surface area contributed by atoms with Crippen molar-refractivity contribution in [2.24, 2.45) is 5.73 Å². The second-order valence-corrected chi connectivity index (χ2v) is 5.68. The van der Waals surface area contributed by atoms with Gasteiger partial charge in [0.05, 0.1) is 4.90 Å². The van der Waals surface area contributed by atoms with Crippen molar-refractivity contribution in [2.75, 3.05) is 6.26 Å². The number of amides is 1. The van der Waals surface area contributed by atoms with Crippen LogP contribution in [0.25, 0.3) is 0 Å². The summed E-state index contributed by atoms with van der Waals surface area (Å²) >= 11 is 0. The lowest BCUT2D eigenvalue weighted by Gasteiger charge is -2.14. The van der Waals surface area contributed by atoms with E-state index in [1.165, 1.54) is 24.3 Å². The van der Waals surface area contributed by atoms with Crippen LogP contribution < -0.4 is 10.5 Å². The van der Waals surface area contributed by atoms with E-state index in [1.807, 2.05) is 0 Å². The monoisotopic (exact) mass is 257 g/mol. The number of hydrogen-bond donors (Lipinski definition) is 1. The summed E-state index contributed by atoms with van der Waals surface area (Å²) < 4.78 is 27.8. The lowest BCUT2D eigenvalue weighted by atomic mass is 10.2. The summed E-state index contributed by atoms with van der Waals surface area (Å²) in [7, 11) is -3.22. The molecule has 0 aliphatic carbocycles. The molecule has 17 heavy (non-hydrogen) atoms. The van der Waals surface area contributed by atoms with E-state index < -0.39 is 21.8 Å². The van der Waals surface area contributed by atoms with Gasteiger partial charge in [0, 0.05) is 6.26 Å². The van der Waals surface area contributed by atoms with Gasteiger partial charge in [0.25, 0.3) is 5.91 Å². The van der Waals surface area contributed by atoms with Crippen LogP contribution >= 0.6 is 0 Å². The minimum absolute atomic E-state index is 0.206. The predicted molar refractivity (Wildman–Crippen MR) is 63.5 cm³/mol. The Kier molecular flexibility index (Phi) is 4.11. The van der Waals surface area contributed by atoms with Crippen molar-refractivity contribution >= 4 is 15.7 Å². The molecule has 6 heteroatoms. The molecule has 94 valence electrons. The molecule has 0 bridgehead atoms. The van der Waals surface area contributed by atoms with Crippen LogP contribution in [0, 0.1) is 0 Å². The Balaban J connectivity index is 2.85. The molecular weight excluding hydrogens is 242 g/mol. The molecular formula is C11H15NO4S. The molecule has 1 aromatic rings. The van der Waals surface area contributed by atoms with E-state index in [4.69, 9.17) is 10.5 Å². The van der Waals surface area contributed by atoms with Gasteiger partial charge in [-0.2, -0.15) is 0 Å². The number of sulfone groups is 1. The number of carbonyl (C=O) groups excluding carboxylic acids is 1. The van der Waals surface area contributed by atoms with E-state index in [0.717, 1.165) is 6.26 Å². The van der Waals surface area contributed by atoms with Crippen molar-refractivity contribution in [2.45, 2.75) is 24.3 Å². The van der Waals surface area contributed by atoms with Gasteiger partial charge in [-0.15, -0.1) is 0 Å². The van der Waals surface area contributed by atoms with Crippen LogP contribution in [0.4, 0.5) is 0 Å². The van der Waals surface area contributed by atoms with Crippen LogP contribution in [-0.2, 0) is 14.6 Å². The van der Waals surface area contributed by atoms with E-state index >= 15 is 0 Å². The lowest BCUT2D eigenvalue weighted by molar-refractivity contribution is -0.124. The second-order valence-electron chi connectivity index (χ2n) is 3.66. The maximum absolute atomic E-state index is 11.2. The molecule has 0 saturated carbocycles. The molecule has 0 unspecified atom stereocenters. The number of carbonyl (C=O) groups is 1. The third-order valence-electron chi connectivity index (χ3n) is 2.22. The number of ether oxygens (including phenoxy) is 1. The molecule has 1 amide bonds. The average molecular weight is 257 g/mol. The summed E-state index contributed by atoms with van der Waals surface area (Å²) in [5.74, 6) is -0.122. The van der Waals surface area contributed by atoms with Crippen molar-refractivity contribution in [1.29, 1.82) is 0 Å². The van der Waals surface area contributed by atoms with E-state index in [0.29, 0.717) is 12.2 Å². The first-order valence-electron chi connectivity index (χ1n) is 5.10. The van der Waals surface area contributed by atoms with Crippen LogP contribution in [0.1, 0.15) is 13.3 Å². The molecule has 0 aliphatic heterocycles. The summed E-state index contributed by atoms with van der Waals surface area (Å²) in [6, 6.07) is 5.86. The maximum atomic E-state index is 11.2. The van der Waals surface area contributed by atoms with Crippen molar-refractivity contribution in [1.82, 2.24) is 0 Å². The normalized spacial score (nSPS) is 13.1. The molecule has 0 aromatic heterocycles. The summed E-state index contributed by atoms with van der Waals surface area (Å²) in [6.07, 6.45) is 0.892. The van der Waals surface area contributed by atoms with Gasteiger partial charge in [0.15, 0.2) is 15.9 Å². The molecule has 0 spiro atoms. The fraction of sp³-hybridized carbons (Fsp3) is 0.364. The predicted octanol–water partition coefficient (Wildman–Crippen LogP) is 0.733. The van der Waals surface area contributed by atoms with Gasteiger partial charge in [-0.3, -0.25) is 4.79 Å². The molecule has 0 radical (unpaired) electrons. The van der Waals surface area contributed by atoms with Crippen molar-refractivity contribution in [3.05, 3.63) is 24.3 Å². The van der Waals surface area contributed by atoms with Gasteiger partial charge in [0.2, 0.25) is 0 Å². The Morgan fingerprint density at radius 3 is 2.24 bits per heavy atom. The molecule has 1 atom stereocenters. The average Bonchev–Trinajstić information content (AvgIpc) is 2.25. The van der Waals surface area contributed by atoms with Gasteiger partial charge in [0.1, 0.15) is 5.75 Å². The minimum atomic E-state index is -3.22. The summed E-state index contributed by atoms with van der Waals surface area (Å²) in [5.41, 5.74) is 5.13. The largest absolute Gasteiger partial charge is 0.481 e. The van der Waals surface area contributed by atoms with Crippen molar-refractivity contribution < 1.29 is 17.9 Å². The summed E-state index contributed by atoms with van der Waals surface area (Å²) in [5, 5.41) is 0. The zero-order chi connectivity index (χ0) is 13.1. The van der Waals surface area contributed by atoms with Crippen LogP contribution in [0.3, 0.4) is 0 Å². The van der Waals surface area contributed by atoms with Crippen LogP contribution in [-0.4, -0.2) is 26.7 Å². The topological polar surface area (TPSA) is 86.5 Å². The number of hydrogen-bond acceptors (Lipinski definition) is 4. The highest BCUT2D eigenvalue weighted by molar-refractivity contribution is 7.90. The lowest BCUT2D eigenvalue weighted by Crippen LogP contribution is -2.32. The first kappa shape index (κ1) is 13.5. The molecule has 0 heterocycles. The summed E-state index contributed by atoms with van der Waals surface area (Å²) in [6.45, 7) is 1.78. The molecule has 2 N–H and O–H groups in total. The summed E-state index contributed by atoms with van der Waals surface area (Å²) in [4.78, 5) is 11.2. The third-order valence-corrected chi connectivity index (χ3v) is 3.35. The van der Waals surface area contributed by atoms with E-state index in [2.05, 4.69) is 0 Å². The molecule has 0 saturated heterocycles. The van der Waals surface area contributed by atoms with Gasteiger partial charge >= 0.3 is 0 Å². The Morgan fingerprint density at radius 1 is 1.35 bits per heavy atom. The van der Waals surface area contributed by atoms with Gasteiger partial charge in [-0.1, -0.05) is 6.92 Å². The zero-order valence-electron chi connectivity index (χ0n) is 9.71. The number of rotatable bonds is 5. The van der Waals surface area contributed by atoms with Gasteiger partial charge < -0.3 is 10.5 Å². The molecule has 1 rings (SSSR count). The highest BCUT2D eigenvalue weighted by Gasteiger charge is 2.15. The van der Waals surface area contributed by atoms with Crippen LogP contribution in [0.15, 0.2) is 29.2 Å². The fourth-order valence-electron chi connectivity index (χ4n) is 1.27. The first-order chi connectivity index (χ1) is 7.84. The maximum Gasteiger partial charge on any atom is 0.258 e. The first-order valence-corrected chi connectivity index (χ1v) is 7.00. The Labute approximate surface area is 100 Å². The Morgan fingerprint density at radius 2 is 1.88 bits per heavy atom. The fourth-order valence-corrected chi connectivity index (χ4v) is 1.90. The molecule has 0 fully saturated rings. The Hall–Kier alpha value is -1.56. The van der Waals surface area contributed by atoms with Gasteiger partial charge in [-0.05, 0) is 30.7 Å². The number of benzene rings is 1. The minimum Gasteiger partial charge on any atom is -0.481 e.